The predicted octanol–water partition coefficient (Wildman–Crippen LogP) is 4.40. The standard InChI is InChI=1S/C27H31ClF2N4O7Si/c1-38-18-7-6-15-12-34(24(35)21(15)22(18)30)13-27(25(36)39-2,33-26(37)31-14-40-8-9-42(3,4)5)20-11-17-19(41-20)10-16(29)23(28)32-17/h6-7,10-11H,8-9,12-14H2,1-5H3,(H2,31,33,37)/t27-/m1/s1. The Morgan fingerprint density at radius 1 is 1.21 bits per heavy atom. The Labute approximate surface area is 246 Å². The molecule has 4 rings (SSSR count). The van der Waals surface area contributed by atoms with Crippen LogP contribution in [0.5, 0.6) is 5.75 Å². The Balaban J connectivity index is 1.70. The highest BCUT2D eigenvalue weighted by atomic mass is 35.5. The van der Waals surface area contributed by atoms with Gasteiger partial charge in [0, 0.05) is 33.4 Å². The van der Waals surface area contributed by atoms with Crippen LogP contribution in [0.3, 0.4) is 0 Å². The molecule has 42 heavy (non-hydrogen) atoms. The third kappa shape index (κ3) is 6.34. The Morgan fingerprint density at radius 2 is 1.95 bits per heavy atom. The molecule has 0 aliphatic carbocycles. The van der Waals surface area contributed by atoms with Gasteiger partial charge >= 0.3 is 12.0 Å². The number of carbonyl (C=O) groups is 3. The van der Waals surface area contributed by atoms with Crippen molar-refractivity contribution < 1.29 is 41.8 Å². The minimum Gasteiger partial charge on any atom is -0.494 e. The maximum atomic E-state index is 15.0. The molecule has 0 saturated heterocycles. The molecule has 0 fully saturated rings. The molecule has 2 aromatic heterocycles. The van der Waals surface area contributed by atoms with E-state index in [9.17, 15) is 18.8 Å². The quantitative estimate of drug-likeness (QED) is 0.105. The highest BCUT2D eigenvalue weighted by molar-refractivity contribution is 6.76. The Bertz CT molecular complexity index is 1490. The third-order valence-electron chi connectivity index (χ3n) is 6.73. The Hall–Kier alpha value is -3.75. The van der Waals surface area contributed by atoms with Crippen LogP contribution in [-0.2, 0) is 26.4 Å². The van der Waals surface area contributed by atoms with Crippen LogP contribution in [0.4, 0.5) is 13.6 Å². The molecule has 15 heteroatoms. The lowest BCUT2D eigenvalue weighted by Crippen LogP contribution is -2.60. The van der Waals surface area contributed by atoms with E-state index in [2.05, 4.69) is 35.3 Å². The maximum Gasteiger partial charge on any atom is 0.341 e. The zero-order valence-corrected chi connectivity index (χ0v) is 25.5. The van der Waals surface area contributed by atoms with E-state index in [0.717, 1.165) is 24.1 Å². The fraction of sp³-hybridized carbons (Fsp3) is 0.407. The van der Waals surface area contributed by atoms with Gasteiger partial charge in [-0.05, 0) is 17.7 Å². The van der Waals surface area contributed by atoms with Crippen LogP contribution in [0.15, 0.2) is 28.7 Å². The molecule has 0 unspecified atom stereocenters. The highest BCUT2D eigenvalue weighted by Crippen LogP contribution is 2.36. The summed E-state index contributed by atoms with van der Waals surface area (Å²) in [5, 5.41) is 4.63. The zero-order valence-electron chi connectivity index (χ0n) is 23.7. The summed E-state index contributed by atoms with van der Waals surface area (Å²) >= 11 is 5.83. The van der Waals surface area contributed by atoms with E-state index in [1.807, 2.05) is 0 Å². The first kappa shape index (κ1) is 31.2. The first-order chi connectivity index (χ1) is 19.8. The molecule has 1 atom stereocenters. The number of ether oxygens (including phenoxy) is 3. The van der Waals surface area contributed by atoms with E-state index in [-0.39, 0.29) is 41.4 Å². The summed E-state index contributed by atoms with van der Waals surface area (Å²) in [6, 6.07) is 5.18. The number of benzene rings is 1. The number of nitrogens with zero attached hydrogens (tertiary/aromatic N) is 2. The van der Waals surface area contributed by atoms with Gasteiger partial charge in [0.25, 0.3) is 5.91 Å². The molecule has 1 aliphatic heterocycles. The lowest BCUT2D eigenvalue weighted by Gasteiger charge is -2.33. The summed E-state index contributed by atoms with van der Waals surface area (Å²) in [7, 11) is 0.985. The minimum atomic E-state index is -2.18. The van der Waals surface area contributed by atoms with Gasteiger partial charge < -0.3 is 34.2 Å². The van der Waals surface area contributed by atoms with Gasteiger partial charge in [0.15, 0.2) is 28.1 Å². The molecule has 1 aliphatic rings. The lowest BCUT2D eigenvalue weighted by atomic mass is 9.95. The third-order valence-corrected chi connectivity index (χ3v) is 8.70. The van der Waals surface area contributed by atoms with Crippen molar-refractivity contribution in [2.24, 2.45) is 0 Å². The first-order valence-electron chi connectivity index (χ1n) is 12.9. The van der Waals surface area contributed by atoms with Crippen molar-refractivity contribution >= 4 is 48.7 Å². The second kappa shape index (κ2) is 12.2. The van der Waals surface area contributed by atoms with Crippen molar-refractivity contribution in [1.29, 1.82) is 0 Å². The number of nitrogens with one attached hydrogen (secondary N) is 2. The maximum absolute atomic E-state index is 15.0. The SMILES string of the molecule is COC(=O)[C@](CN1Cc2ccc(OC)c(F)c2C1=O)(NC(=O)NCOCC[Si](C)(C)C)c1cc2nc(Cl)c(F)cc2o1. The first-order valence-corrected chi connectivity index (χ1v) is 17.0. The molecule has 1 aromatic carbocycles. The molecule has 226 valence electrons. The molecule has 0 radical (unpaired) electrons. The molecule has 0 spiro atoms. The van der Waals surface area contributed by atoms with Crippen LogP contribution in [0.2, 0.25) is 30.8 Å². The van der Waals surface area contributed by atoms with Crippen molar-refractivity contribution in [2.75, 3.05) is 34.1 Å². The largest absolute Gasteiger partial charge is 0.494 e. The fourth-order valence-electron chi connectivity index (χ4n) is 4.47. The number of amides is 3. The number of urea groups is 1. The number of pyridine rings is 1. The van der Waals surface area contributed by atoms with E-state index in [1.165, 1.54) is 25.3 Å². The van der Waals surface area contributed by atoms with Crippen LogP contribution in [0.25, 0.3) is 11.1 Å². The van der Waals surface area contributed by atoms with Crippen molar-refractivity contribution in [3.63, 3.8) is 0 Å². The van der Waals surface area contributed by atoms with E-state index >= 15 is 4.39 Å². The summed E-state index contributed by atoms with van der Waals surface area (Å²) in [4.78, 5) is 45.1. The average Bonchev–Trinajstić information content (AvgIpc) is 3.48. The van der Waals surface area contributed by atoms with Crippen molar-refractivity contribution in [1.82, 2.24) is 20.5 Å². The zero-order chi connectivity index (χ0) is 30.8. The van der Waals surface area contributed by atoms with Gasteiger partial charge in [-0.2, -0.15) is 0 Å². The van der Waals surface area contributed by atoms with Crippen LogP contribution >= 0.6 is 11.6 Å². The number of rotatable bonds is 11. The van der Waals surface area contributed by atoms with Crippen LogP contribution < -0.4 is 15.4 Å². The van der Waals surface area contributed by atoms with Gasteiger partial charge in [0.05, 0.1) is 26.3 Å². The number of methoxy groups -OCH3 is 2. The monoisotopic (exact) mass is 624 g/mol. The van der Waals surface area contributed by atoms with Gasteiger partial charge in [0.2, 0.25) is 5.54 Å². The van der Waals surface area contributed by atoms with E-state index in [0.29, 0.717) is 12.2 Å². The molecular weight excluding hydrogens is 594 g/mol. The van der Waals surface area contributed by atoms with E-state index < -0.39 is 54.9 Å². The van der Waals surface area contributed by atoms with Crippen molar-refractivity contribution in [3.8, 4) is 5.75 Å². The summed E-state index contributed by atoms with van der Waals surface area (Å²) in [5.74, 6) is -3.86. The van der Waals surface area contributed by atoms with Crippen LogP contribution in [0.1, 0.15) is 21.7 Å². The molecule has 3 aromatic rings. The Kier molecular flexibility index (Phi) is 9.08. The Morgan fingerprint density at radius 3 is 2.62 bits per heavy atom. The molecule has 0 saturated carbocycles. The molecule has 11 nitrogen and oxygen atoms in total. The average molecular weight is 625 g/mol. The van der Waals surface area contributed by atoms with Gasteiger partial charge in [0.1, 0.15) is 18.0 Å². The topological polar surface area (TPSA) is 132 Å². The molecule has 0 bridgehead atoms. The second-order valence-electron chi connectivity index (χ2n) is 10.9. The van der Waals surface area contributed by atoms with Crippen molar-refractivity contribution in [2.45, 2.75) is 37.8 Å². The molecule has 2 N–H and O–H groups in total. The number of hydrogen-bond donors (Lipinski definition) is 2. The molecular formula is C27H31ClF2N4O7Si. The number of halogens is 3. The van der Waals surface area contributed by atoms with Gasteiger partial charge in [-0.1, -0.05) is 37.3 Å². The number of esters is 1. The summed E-state index contributed by atoms with van der Waals surface area (Å²) < 4.78 is 50.6. The second-order valence-corrected chi connectivity index (χ2v) is 16.9. The van der Waals surface area contributed by atoms with E-state index in [4.69, 9.17) is 30.2 Å². The predicted molar refractivity (Wildman–Crippen MR) is 151 cm³/mol. The summed E-state index contributed by atoms with van der Waals surface area (Å²) in [6.07, 6.45) is 0. The summed E-state index contributed by atoms with van der Waals surface area (Å²) in [6.45, 7) is 6.15. The number of fused-ring (bicyclic) bond motifs is 2. The summed E-state index contributed by atoms with van der Waals surface area (Å²) in [5.41, 5.74) is -2.07. The van der Waals surface area contributed by atoms with Crippen molar-refractivity contribution in [3.05, 3.63) is 57.9 Å². The van der Waals surface area contributed by atoms with Gasteiger partial charge in [-0.3, -0.25) is 4.79 Å². The normalized spacial score (nSPS) is 14.5. The lowest BCUT2D eigenvalue weighted by molar-refractivity contribution is -0.150. The molecule has 3 heterocycles. The van der Waals surface area contributed by atoms with Gasteiger partial charge in [-0.25, -0.2) is 23.4 Å². The smallest absolute Gasteiger partial charge is 0.341 e. The highest BCUT2D eigenvalue weighted by Gasteiger charge is 2.50. The number of hydrogen-bond acceptors (Lipinski definition) is 8. The number of furan rings is 1. The van der Waals surface area contributed by atoms with Crippen LogP contribution in [0, 0.1) is 11.6 Å². The van der Waals surface area contributed by atoms with E-state index in [1.54, 1.807) is 0 Å². The molecule has 3 amide bonds. The fourth-order valence-corrected chi connectivity index (χ4v) is 5.37. The minimum absolute atomic E-state index is 0.0772. The number of aromatic nitrogens is 1. The van der Waals surface area contributed by atoms with Crippen LogP contribution in [-0.4, -0.2) is 70.0 Å². The number of carbonyl (C=O) groups excluding carboxylic acids is 3. The van der Waals surface area contributed by atoms with Gasteiger partial charge in [-0.15, -0.1) is 0 Å².